The van der Waals surface area contributed by atoms with E-state index in [1.807, 2.05) is 19.1 Å². The van der Waals surface area contributed by atoms with E-state index in [9.17, 15) is 14.7 Å². The fourth-order valence-corrected chi connectivity index (χ4v) is 2.51. The zero-order valence-corrected chi connectivity index (χ0v) is 11.6. The lowest BCUT2D eigenvalue weighted by atomic mass is 10.1. The second kappa shape index (κ2) is 5.09. The molecule has 0 radical (unpaired) electrons. The number of allylic oxidation sites excluding steroid dienone is 1. The Kier molecular flexibility index (Phi) is 3.25. The molecule has 0 bridgehead atoms. The number of aromatic carboxylic acids is 1. The van der Waals surface area contributed by atoms with Gasteiger partial charge >= 0.3 is 5.97 Å². The molecule has 1 aromatic carbocycles. The number of carboxylic acids is 1. The van der Waals surface area contributed by atoms with Crippen LogP contribution in [0.2, 0.25) is 0 Å². The Morgan fingerprint density at radius 1 is 1.48 bits per heavy atom. The number of nitrogens with zero attached hydrogens (tertiary/aromatic N) is 1. The van der Waals surface area contributed by atoms with Crippen molar-refractivity contribution in [1.82, 2.24) is 4.57 Å². The molecule has 3 rings (SSSR count). The molecule has 5 nitrogen and oxygen atoms in total. The lowest BCUT2D eigenvalue weighted by molar-refractivity contribution is 0.0695. The molecular weight excluding hydrogens is 270 g/mol. The van der Waals surface area contributed by atoms with Gasteiger partial charge in [0.25, 0.3) is 0 Å². The Morgan fingerprint density at radius 2 is 2.29 bits per heavy atom. The van der Waals surface area contributed by atoms with Crippen LogP contribution in [0.15, 0.2) is 29.2 Å². The fraction of sp³-hybridized carbons (Fsp3) is 0.250. The smallest absolute Gasteiger partial charge is 0.341 e. The van der Waals surface area contributed by atoms with E-state index < -0.39 is 11.4 Å². The number of hydrogen-bond acceptors (Lipinski definition) is 3. The fourth-order valence-electron chi connectivity index (χ4n) is 2.51. The van der Waals surface area contributed by atoms with Gasteiger partial charge in [0.2, 0.25) is 5.43 Å². The predicted molar refractivity (Wildman–Crippen MR) is 80.0 cm³/mol. The Hall–Kier alpha value is -2.56. The van der Waals surface area contributed by atoms with E-state index >= 15 is 0 Å². The highest BCUT2D eigenvalue weighted by molar-refractivity contribution is 5.94. The van der Waals surface area contributed by atoms with E-state index in [4.69, 9.17) is 4.74 Å². The van der Waals surface area contributed by atoms with Gasteiger partial charge in [0.1, 0.15) is 11.3 Å². The number of carboxylic acid groups (broad SMARTS) is 1. The molecule has 1 aliphatic heterocycles. The maximum atomic E-state index is 12.3. The third kappa shape index (κ3) is 2.20. The van der Waals surface area contributed by atoms with Crippen molar-refractivity contribution in [3.05, 3.63) is 45.8 Å². The number of rotatable bonds is 3. The lowest BCUT2D eigenvalue weighted by Gasteiger charge is -2.10. The van der Waals surface area contributed by atoms with Gasteiger partial charge in [-0.15, -0.1) is 0 Å². The monoisotopic (exact) mass is 285 g/mol. The van der Waals surface area contributed by atoms with Gasteiger partial charge in [0, 0.05) is 18.8 Å². The van der Waals surface area contributed by atoms with Crippen LogP contribution >= 0.6 is 0 Å². The summed E-state index contributed by atoms with van der Waals surface area (Å²) in [6, 6.07) is 3.56. The predicted octanol–water partition coefficient (Wildman–Crippen LogP) is 2.52. The van der Waals surface area contributed by atoms with Crippen molar-refractivity contribution in [3.63, 3.8) is 0 Å². The van der Waals surface area contributed by atoms with Crippen LogP contribution in [-0.2, 0) is 6.42 Å². The quantitative estimate of drug-likeness (QED) is 0.940. The first-order chi connectivity index (χ1) is 10.1. The summed E-state index contributed by atoms with van der Waals surface area (Å²) in [6.07, 6.45) is 6.71. The van der Waals surface area contributed by atoms with Crippen LogP contribution in [0, 0.1) is 0 Å². The maximum absolute atomic E-state index is 12.3. The number of ether oxygens (including phenoxy) is 1. The Morgan fingerprint density at radius 3 is 3.00 bits per heavy atom. The Labute approximate surface area is 121 Å². The number of aromatic nitrogens is 1. The normalized spacial score (nSPS) is 13.6. The van der Waals surface area contributed by atoms with Gasteiger partial charge in [-0.2, -0.15) is 0 Å². The molecule has 0 unspecified atom stereocenters. The van der Waals surface area contributed by atoms with E-state index in [1.54, 1.807) is 16.8 Å². The molecule has 0 fully saturated rings. The standard InChI is InChI=1S/C16H15NO4/c1-2-3-5-17-9-12(16(19)20)15(18)11-8-14-10(4-6-21-14)7-13(11)17/h3,5,7-9H,2,4,6H2,1H3,(H,19,20). The van der Waals surface area contributed by atoms with E-state index in [1.165, 1.54) is 6.20 Å². The van der Waals surface area contributed by atoms with Crippen molar-refractivity contribution in [1.29, 1.82) is 0 Å². The van der Waals surface area contributed by atoms with Gasteiger partial charge in [-0.3, -0.25) is 4.79 Å². The van der Waals surface area contributed by atoms with Crippen LogP contribution in [0.1, 0.15) is 29.3 Å². The highest BCUT2D eigenvalue weighted by Gasteiger charge is 2.19. The summed E-state index contributed by atoms with van der Waals surface area (Å²) in [7, 11) is 0. The third-order valence-electron chi connectivity index (χ3n) is 3.58. The second-order valence-electron chi connectivity index (χ2n) is 4.95. The highest BCUT2D eigenvalue weighted by atomic mass is 16.5. The summed E-state index contributed by atoms with van der Waals surface area (Å²) in [5.41, 5.74) is 1.04. The molecule has 21 heavy (non-hydrogen) atoms. The van der Waals surface area contributed by atoms with Gasteiger partial charge in [-0.05, 0) is 24.1 Å². The number of hydrogen-bond donors (Lipinski definition) is 1. The summed E-state index contributed by atoms with van der Waals surface area (Å²) < 4.78 is 7.17. The van der Waals surface area contributed by atoms with Crippen LogP contribution in [-0.4, -0.2) is 22.2 Å². The van der Waals surface area contributed by atoms with E-state index in [0.717, 1.165) is 18.4 Å². The molecule has 0 spiro atoms. The maximum Gasteiger partial charge on any atom is 0.341 e. The van der Waals surface area contributed by atoms with Crippen molar-refractivity contribution < 1.29 is 14.6 Å². The number of carbonyl (C=O) groups is 1. The van der Waals surface area contributed by atoms with E-state index in [0.29, 0.717) is 23.3 Å². The zero-order chi connectivity index (χ0) is 15.0. The second-order valence-corrected chi connectivity index (χ2v) is 4.95. The molecule has 0 saturated heterocycles. The van der Waals surface area contributed by atoms with Crippen LogP contribution < -0.4 is 10.2 Å². The minimum atomic E-state index is -1.22. The highest BCUT2D eigenvalue weighted by Crippen LogP contribution is 2.29. The van der Waals surface area contributed by atoms with Gasteiger partial charge in [0.05, 0.1) is 17.5 Å². The van der Waals surface area contributed by atoms with Crippen LogP contribution in [0.5, 0.6) is 5.75 Å². The summed E-state index contributed by atoms with van der Waals surface area (Å²) in [5, 5.41) is 9.57. The minimum Gasteiger partial charge on any atom is -0.493 e. The van der Waals surface area contributed by atoms with E-state index in [-0.39, 0.29) is 5.56 Å². The van der Waals surface area contributed by atoms with Gasteiger partial charge in [0.15, 0.2) is 0 Å². The van der Waals surface area contributed by atoms with Gasteiger partial charge in [-0.1, -0.05) is 13.0 Å². The molecule has 1 aromatic heterocycles. The molecule has 5 heteroatoms. The molecule has 0 amide bonds. The number of pyridine rings is 1. The van der Waals surface area contributed by atoms with Crippen molar-refractivity contribution in [2.45, 2.75) is 19.8 Å². The average molecular weight is 285 g/mol. The Bertz CT molecular complexity index is 817. The number of benzene rings is 1. The first kappa shape index (κ1) is 13.4. The van der Waals surface area contributed by atoms with Crippen molar-refractivity contribution in [2.75, 3.05) is 6.61 Å². The van der Waals surface area contributed by atoms with Gasteiger partial charge in [-0.25, -0.2) is 4.79 Å². The summed E-state index contributed by atoms with van der Waals surface area (Å²) >= 11 is 0. The molecule has 0 saturated carbocycles. The molecule has 0 aliphatic carbocycles. The largest absolute Gasteiger partial charge is 0.493 e. The van der Waals surface area contributed by atoms with E-state index in [2.05, 4.69) is 0 Å². The molecular formula is C16H15NO4. The first-order valence-corrected chi connectivity index (χ1v) is 6.86. The third-order valence-corrected chi connectivity index (χ3v) is 3.58. The van der Waals surface area contributed by atoms with Crippen LogP contribution in [0.25, 0.3) is 17.1 Å². The van der Waals surface area contributed by atoms with Crippen molar-refractivity contribution >= 4 is 23.1 Å². The average Bonchev–Trinajstić information content (AvgIpc) is 2.92. The SMILES string of the molecule is CCC=Cn1cc(C(=O)O)c(=O)c2cc3c(cc21)CCO3. The minimum absolute atomic E-state index is 0.235. The Balaban J connectivity index is 2.38. The molecule has 2 aromatic rings. The first-order valence-electron chi connectivity index (χ1n) is 6.86. The molecule has 2 heterocycles. The zero-order valence-electron chi connectivity index (χ0n) is 11.6. The topological polar surface area (TPSA) is 68.5 Å². The van der Waals surface area contributed by atoms with Gasteiger partial charge < -0.3 is 14.4 Å². The molecule has 1 N–H and O–H groups in total. The molecule has 108 valence electrons. The van der Waals surface area contributed by atoms with Crippen LogP contribution in [0.4, 0.5) is 0 Å². The molecule has 1 aliphatic rings. The van der Waals surface area contributed by atoms with Crippen LogP contribution in [0.3, 0.4) is 0 Å². The molecule has 0 atom stereocenters. The van der Waals surface area contributed by atoms with Crippen molar-refractivity contribution in [3.8, 4) is 5.75 Å². The van der Waals surface area contributed by atoms with Crippen molar-refractivity contribution in [2.24, 2.45) is 0 Å². The summed E-state index contributed by atoms with van der Waals surface area (Å²) in [4.78, 5) is 23.6. The summed E-state index contributed by atoms with van der Waals surface area (Å²) in [6.45, 7) is 2.58. The summed E-state index contributed by atoms with van der Waals surface area (Å²) in [5.74, 6) is -0.546. The lowest BCUT2D eigenvalue weighted by Crippen LogP contribution is -2.17. The number of fused-ring (bicyclic) bond motifs is 2.